The topological polar surface area (TPSA) is 130 Å². The minimum Gasteiger partial charge on any atom is -0.323 e. The molecule has 1 spiro atoms. The van der Waals surface area contributed by atoms with E-state index in [1.54, 1.807) is 0 Å². The van der Waals surface area contributed by atoms with E-state index in [1.165, 1.54) is 10.8 Å². The highest BCUT2D eigenvalue weighted by Gasteiger charge is 2.60. The number of nitrogens with two attached hydrogens (primary N) is 2. The summed E-state index contributed by atoms with van der Waals surface area (Å²) >= 11 is 0. The zero-order chi connectivity index (χ0) is 23.8. The van der Waals surface area contributed by atoms with Crippen molar-refractivity contribution in [1.82, 2.24) is 0 Å². The quantitative estimate of drug-likeness (QED) is 0.301. The summed E-state index contributed by atoms with van der Waals surface area (Å²) in [6.45, 7) is 0. The molecule has 2 aliphatic rings. The van der Waals surface area contributed by atoms with E-state index in [0.717, 1.165) is 11.1 Å². The Kier molecular flexibility index (Phi) is 5.48. The van der Waals surface area contributed by atoms with Gasteiger partial charge in [0.15, 0.2) is 11.5 Å². The third kappa shape index (κ3) is 3.39. The Morgan fingerprint density at radius 3 is 2.18 bits per heavy atom. The van der Waals surface area contributed by atoms with Gasteiger partial charge in [-0.3, -0.25) is 4.79 Å². The molecule has 3 aromatic carbocycles. The number of nitrogens with one attached hydrogen (secondary N) is 1. The standard InChI is InChI=1S/C27H28N6O/c28-31-23-22(20-7-2-1-3-8-20)27(25(34)24(23)32-29)14-12-26(33-30,13-15-27)17-18-10-11-19-6-4-5-9-21(19)16-18/h1-11,16,22,30H,12-15,17,28-29H2. The fraction of sp³-hybridized carbons (Fsp3) is 0.296. The molecule has 0 radical (unpaired) electrons. The van der Waals surface area contributed by atoms with Crippen molar-refractivity contribution in [2.45, 2.75) is 43.6 Å². The predicted molar refractivity (Wildman–Crippen MR) is 134 cm³/mol. The second-order valence-electron chi connectivity index (χ2n) is 9.52. The first kappa shape index (κ1) is 21.9. The summed E-state index contributed by atoms with van der Waals surface area (Å²) in [6, 6.07) is 24.5. The Hall–Kier alpha value is -3.87. The smallest absolute Gasteiger partial charge is 0.192 e. The van der Waals surface area contributed by atoms with Crippen LogP contribution in [0, 0.1) is 10.9 Å². The molecule has 2 saturated carbocycles. The van der Waals surface area contributed by atoms with Crippen LogP contribution in [0.3, 0.4) is 0 Å². The fourth-order valence-corrected chi connectivity index (χ4v) is 6.00. The highest BCUT2D eigenvalue weighted by Crippen LogP contribution is 2.56. The predicted octanol–water partition coefficient (Wildman–Crippen LogP) is 4.71. The van der Waals surface area contributed by atoms with Gasteiger partial charge in [0.2, 0.25) is 0 Å². The molecule has 5 rings (SSSR count). The maximum absolute atomic E-state index is 13.6. The summed E-state index contributed by atoms with van der Waals surface area (Å²) in [7, 11) is 0. The number of Topliss-reactive ketones (excluding diaryl/α,β-unsaturated/α-hetero) is 1. The fourth-order valence-electron chi connectivity index (χ4n) is 6.00. The van der Waals surface area contributed by atoms with Gasteiger partial charge < -0.3 is 11.7 Å². The van der Waals surface area contributed by atoms with Crippen LogP contribution < -0.4 is 11.7 Å². The van der Waals surface area contributed by atoms with Gasteiger partial charge in [-0.2, -0.15) is 15.3 Å². The average molecular weight is 453 g/mol. The van der Waals surface area contributed by atoms with Crippen molar-refractivity contribution in [3.05, 3.63) is 83.9 Å². The minimum absolute atomic E-state index is 0.0997. The van der Waals surface area contributed by atoms with Crippen molar-refractivity contribution in [2.75, 3.05) is 0 Å². The molecule has 34 heavy (non-hydrogen) atoms. The van der Waals surface area contributed by atoms with E-state index in [0.29, 0.717) is 37.8 Å². The zero-order valence-electron chi connectivity index (χ0n) is 18.9. The lowest BCUT2D eigenvalue weighted by molar-refractivity contribution is -0.123. The Labute approximate surface area is 198 Å². The Morgan fingerprint density at radius 2 is 1.53 bits per heavy atom. The third-order valence-electron chi connectivity index (χ3n) is 7.79. The first-order chi connectivity index (χ1) is 16.6. The summed E-state index contributed by atoms with van der Waals surface area (Å²) in [5.41, 5.74) is 9.56. The van der Waals surface area contributed by atoms with Crippen LogP contribution in [0.4, 0.5) is 0 Å². The van der Waals surface area contributed by atoms with Crippen molar-refractivity contribution < 1.29 is 4.79 Å². The van der Waals surface area contributed by atoms with Crippen LogP contribution in [0.5, 0.6) is 0 Å². The van der Waals surface area contributed by atoms with Gasteiger partial charge in [0.1, 0.15) is 0 Å². The summed E-state index contributed by atoms with van der Waals surface area (Å²) in [6.07, 6.45) is 3.04. The molecule has 3 aromatic rings. The monoisotopic (exact) mass is 452 g/mol. The number of fused-ring (bicyclic) bond motifs is 1. The highest BCUT2D eigenvalue weighted by atomic mass is 16.1. The van der Waals surface area contributed by atoms with E-state index >= 15 is 0 Å². The van der Waals surface area contributed by atoms with Gasteiger partial charge >= 0.3 is 0 Å². The summed E-state index contributed by atoms with van der Waals surface area (Å²) < 4.78 is 0. The maximum atomic E-state index is 13.6. The van der Waals surface area contributed by atoms with E-state index < -0.39 is 11.0 Å². The Morgan fingerprint density at radius 1 is 0.853 bits per heavy atom. The highest BCUT2D eigenvalue weighted by molar-refractivity contribution is 6.73. The number of rotatable bonds is 4. The van der Waals surface area contributed by atoms with E-state index in [1.807, 2.05) is 42.5 Å². The van der Waals surface area contributed by atoms with Gasteiger partial charge in [-0.15, -0.1) is 0 Å². The van der Waals surface area contributed by atoms with Crippen LogP contribution in [0.2, 0.25) is 0 Å². The third-order valence-corrected chi connectivity index (χ3v) is 7.79. The number of hydrazone groups is 2. The van der Waals surface area contributed by atoms with Gasteiger partial charge in [0.25, 0.3) is 0 Å². The second kappa shape index (κ2) is 8.48. The van der Waals surface area contributed by atoms with Crippen LogP contribution in [0.15, 0.2) is 88.1 Å². The van der Waals surface area contributed by atoms with E-state index in [9.17, 15) is 4.79 Å². The van der Waals surface area contributed by atoms with Crippen LogP contribution in [-0.2, 0) is 11.2 Å². The molecular weight excluding hydrogens is 424 g/mol. The number of hydrogen-bond acceptors (Lipinski definition) is 7. The number of hydrogen-bond donors (Lipinski definition) is 3. The molecular formula is C27H28N6O. The van der Waals surface area contributed by atoms with E-state index in [4.69, 9.17) is 17.2 Å². The van der Waals surface area contributed by atoms with Gasteiger partial charge in [0.05, 0.1) is 11.3 Å². The number of carbonyl (C=O) groups excluding carboxylic acids is 1. The molecule has 0 heterocycles. The van der Waals surface area contributed by atoms with E-state index in [-0.39, 0.29) is 17.4 Å². The Bertz CT molecular complexity index is 1300. The van der Waals surface area contributed by atoms with Gasteiger partial charge in [-0.05, 0) is 54.0 Å². The molecule has 0 amide bonds. The van der Waals surface area contributed by atoms with Crippen LogP contribution in [-0.4, -0.2) is 22.7 Å². The average Bonchev–Trinajstić information content (AvgIpc) is 3.13. The normalized spacial score (nSPS) is 29.3. The summed E-state index contributed by atoms with van der Waals surface area (Å²) in [5, 5.41) is 14.3. The molecule has 2 aliphatic carbocycles. The molecule has 0 bridgehead atoms. The van der Waals surface area contributed by atoms with Crippen molar-refractivity contribution in [3.63, 3.8) is 0 Å². The first-order valence-electron chi connectivity index (χ1n) is 11.6. The molecule has 2 fully saturated rings. The lowest BCUT2D eigenvalue weighted by Gasteiger charge is -2.43. The number of ketones is 1. The largest absolute Gasteiger partial charge is 0.323 e. The molecule has 0 aliphatic heterocycles. The molecule has 1 unspecified atom stereocenters. The number of carbonyl (C=O) groups is 1. The van der Waals surface area contributed by atoms with Crippen LogP contribution in [0.1, 0.15) is 42.7 Å². The van der Waals surface area contributed by atoms with Crippen molar-refractivity contribution in [2.24, 2.45) is 32.4 Å². The number of nitrogens with zero attached hydrogens (tertiary/aromatic N) is 3. The molecule has 1 atom stereocenters. The van der Waals surface area contributed by atoms with E-state index in [2.05, 4.69) is 45.6 Å². The van der Waals surface area contributed by atoms with Gasteiger partial charge in [-0.1, -0.05) is 72.8 Å². The maximum Gasteiger partial charge on any atom is 0.192 e. The molecule has 7 nitrogen and oxygen atoms in total. The second-order valence-corrected chi connectivity index (χ2v) is 9.52. The summed E-state index contributed by atoms with van der Waals surface area (Å²) in [5.74, 6) is 11.0. The molecule has 172 valence electrons. The SMILES string of the molecule is N=NC1(Cc2ccc3ccccc3c2)CCC2(CC1)C(=O)C(=NN)C(=NN)C2c1ccccc1. The van der Waals surface area contributed by atoms with Crippen LogP contribution in [0.25, 0.3) is 10.8 Å². The lowest BCUT2D eigenvalue weighted by atomic mass is 9.60. The van der Waals surface area contributed by atoms with Gasteiger partial charge in [0, 0.05) is 11.3 Å². The first-order valence-corrected chi connectivity index (χ1v) is 11.6. The summed E-state index contributed by atoms with van der Waals surface area (Å²) in [4.78, 5) is 13.6. The minimum atomic E-state index is -0.727. The Balaban J connectivity index is 1.48. The van der Waals surface area contributed by atoms with Crippen molar-refractivity contribution in [3.8, 4) is 0 Å². The molecule has 7 heteroatoms. The molecule has 0 aromatic heterocycles. The zero-order valence-corrected chi connectivity index (χ0v) is 18.9. The molecule has 5 N–H and O–H groups in total. The van der Waals surface area contributed by atoms with Crippen molar-refractivity contribution >= 4 is 28.0 Å². The lowest BCUT2D eigenvalue weighted by Crippen LogP contribution is -2.44. The molecule has 0 saturated heterocycles. The van der Waals surface area contributed by atoms with Gasteiger partial charge in [-0.25, -0.2) is 5.53 Å². The van der Waals surface area contributed by atoms with Crippen molar-refractivity contribution in [1.29, 1.82) is 5.53 Å². The van der Waals surface area contributed by atoms with Crippen LogP contribution >= 0.6 is 0 Å². The number of benzene rings is 3.